The number of aromatic nitrogens is 5. The summed E-state index contributed by atoms with van der Waals surface area (Å²) in [5.74, 6) is 0.880. The van der Waals surface area contributed by atoms with Crippen LogP contribution in [-0.2, 0) is 5.75 Å². The number of anilines is 2. The van der Waals surface area contributed by atoms with Gasteiger partial charge in [-0.1, -0.05) is 28.7 Å². The fraction of sp³-hybridized carbons (Fsp3) is 0.350. The molecule has 0 saturated heterocycles. The summed E-state index contributed by atoms with van der Waals surface area (Å²) < 4.78 is 6.89. The number of hydrazone groups is 1. The predicted octanol–water partition coefficient (Wildman–Crippen LogP) is 1.88. The zero-order valence-corrected chi connectivity index (χ0v) is 20.7. The van der Waals surface area contributed by atoms with Crippen LogP contribution in [0.15, 0.2) is 32.9 Å². The second-order valence-electron chi connectivity index (χ2n) is 7.17. The Balaban J connectivity index is 1.51. The molecule has 3 aromatic rings. The van der Waals surface area contributed by atoms with Crippen LogP contribution in [0.2, 0.25) is 0 Å². The van der Waals surface area contributed by atoms with Gasteiger partial charge in [-0.25, -0.2) is 10.1 Å². The summed E-state index contributed by atoms with van der Waals surface area (Å²) >= 11 is 3.10. The number of phenols is 1. The maximum Gasteiger partial charge on any atom is 0.293 e. The highest BCUT2D eigenvalue weighted by molar-refractivity contribution is 8.38. The Morgan fingerprint density at radius 1 is 1.40 bits per heavy atom. The Morgan fingerprint density at radius 2 is 2.23 bits per heavy atom. The van der Waals surface area contributed by atoms with Gasteiger partial charge in [0.05, 0.1) is 18.5 Å². The Hall–Kier alpha value is -3.59. The topological polar surface area (TPSA) is 173 Å². The average molecular weight is 517 g/mol. The van der Waals surface area contributed by atoms with Crippen molar-refractivity contribution in [1.29, 1.82) is 0 Å². The normalized spacial score (nSPS) is 13.4. The Kier molecular flexibility index (Phi) is 7.87. The predicted molar refractivity (Wildman–Crippen MR) is 136 cm³/mol. The number of carbonyl (C=O) groups excluding carboxylic acids is 1. The van der Waals surface area contributed by atoms with Gasteiger partial charge in [-0.3, -0.25) is 9.79 Å². The van der Waals surface area contributed by atoms with Gasteiger partial charge in [0.1, 0.15) is 10.1 Å². The molecule has 1 amide bonds. The third-order valence-corrected chi connectivity index (χ3v) is 7.34. The summed E-state index contributed by atoms with van der Waals surface area (Å²) in [4.78, 5) is 19.4. The molecule has 0 radical (unpaired) electrons. The molecule has 0 saturated carbocycles. The fourth-order valence-electron chi connectivity index (χ4n) is 3.29. The van der Waals surface area contributed by atoms with Gasteiger partial charge in [0.15, 0.2) is 5.69 Å². The van der Waals surface area contributed by atoms with Crippen LogP contribution in [0.1, 0.15) is 35.6 Å². The first-order chi connectivity index (χ1) is 17.0. The molecule has 0 atom stereocenters. The van der Waals surface area contributed by atoms with E-state index < -0.39 is 5.91 Å². The van der Waals surface area contributed by atoms with Gasteiger partial charge in [0.25, 0.3) is 5.91 Å². The minimum absolute atomic E-state index is 0.0161. The molecule has 15 heteroatoms. The highest BCUT2D eigenvalue weighted by atomic mass is 32.2. The average Bonchev–Trinajstić information content (AvgIpc) is 3.60. The third kappa shape index (κ3) is 5.57. The van der Waals surface area contributed by atoms with Gasteiger partial charge in [-0.05, 0) is 36.3 Å². The van der Waals surface area contributed by atoms with Crippen molar-refractivity contribution in [2.75, 3.05) is 36.0 Å². The summed E-state index contributed by atoms with van der Waals surface area (Å²) in [6.45, 7) is 6.49. The van der Waals surface area contributed by atoms with Crippen molar-refractivity contribution in [3.63, 3.8) is 0 Å². The minimum Gasteiger partial charge on any atom is -0.507 e. The van der Waals surface area contributed by atoms with Gasteiger partial charge >= 0.3 is 0 Å². The monoisotopic (exact) mass is 516 g/mol. The molecule has 184 valence electrons. The standard InChI is InChI=1S/C20H24N10O3S2/c1-3-29(4-2)13-6-5-12(15(31)9-13)10-23-25-19(32)16-14(11-35-20-22-7-8-34-20)30(28-24-16)18-17(21)26-33-27-18/h5-6,9-10,31H,3-4,7-8,11H2,1-2H3,(H2,21,26)(H,25,32)/b23-10+. The van der Waals surface area contributed by atoms with Crippen molar-refractivity contribution >= 4 is 51.5 Å². The SMILES string of the molecule is CCN(CC)c1ccc(/C=N/NC(=O)c2nnn(-c3nonc3N)c2CSC2=NCCS2)c(O)c1. The summed E-state index contributed by atoms with van der Waals surface area (Å²) in [7, 11) is 0. The van der Waals surface area contributed by atoms with Gasteiger partial charge in [0, 0.05) is 41.9 Å². The van der Waals surface area contributed by atoms with E-state index in [2.05, 4.69) is 45.7 Å². The van der Waals surface area contributed by atoms with Crippen molar-refractivity contribution < 1.29 is 14.5 Å². The van der Waals surface area contributed by atoms with E-state index >= 15 is 0 Å². The van der Waals surface area contributed by atoms with Gasteiger partial charge < -0.3 is 15.7 Å². The first-order valence-electron chi connectivity index (χ1n) is 10.8. The maximum atomic E-state index is 12.9. The number of nitrogens with one attached hydrogen (secondary N) is 1. The zero-order chi connectivity index (χ0) is 24.8. The lowest BCUT2D eigenvalue weighted by atomic mass is 10.2. The molecule has 0 fully saturated rings. The number of hydrogen-bond acceptors (Lipinski definition) is 13. The molecule has 4 N–H and O–H groups in total. The van der Waals surface area contributed by atoms with Crippen molar-refractivity contribution in [1.82, 2.24) is 30.7 Å². The van der Waals surface area contributed by atoms with E-state index in [1.165, 1.54) is 22.7 Å². The number of nitrogen functional groups attached to an aromatic ring is 1. The van der Waals surface area contributed by atoms with Gasteiger partial charge in [0.2, 0.25) is 11.6 Å². The largest absolute Gasteiger partial charge is 0.507 e. The molecule has 0 aliphatic carbocycles. The summed E-state index contributed by atoms with van der Waals surface area (Å²) in [5.41, 5.74) is 10.1. The van der Waals surface area contributed by atoms with E-state index in [4.69, 9.17) is 5.73 Å². The lowest BCUT2D eigenvalue weighted by molar-refractivity contribution is 0.0949. The number of carbonyl (C=O) groups is 1. The van der Waals surface area contributed by atoms with E-state index in [9.17, 15) is 9.90 Å². The highest BCUT2D eigenvalue weighted by Gasteiger charge is 2.24. The molecule has 4 rings (SSSR count). The quantitative estimate of drug-likeness (QED) is 0.280. The molecule has 2 aromatic heterocycles. The number of phenolic OH excluding ortho intramolecular Hbond substituents is 1. The van der Waals surface area contributed by atoms with E-state index in [0.717, 1.165) is 35.5 Å². The Bertz CT molecular complexity index is 1250. The second kappa shape index (κ2) is 11.2. The first kappa shape index (κ1) is 24.5. The van der Waals surface area contributed by atoms with Crippen molar-refractivity contribution in [3.8, 4) is 11.6 Å². The number of hydrogen-bond donors (Lipinski definition) is 3. The van der Waals surface area contributed by atoms with Gasteiger partial charge in [-0.15, -0.1) is 5.10 Å². The Morgan fingerprint density at radius 3 is 2.89 bits per heavy atom. The van der Waals surface area contributed by atoms with Crippen LogP contribution in [0.25, 0.3) is 5.82 Å². The molecule has 3 heterocycles. The molecular formula is C20H24N10O3S2. The van der Waals surface area contributed by atoms with Crippen molar-refractivity contribution in [2.24, 2.45) is 10.1 Å². The van der Waals surface area contributed by atoms with E-state index in [1.807, 2.05) is 19.9 Å². The van der Waals surface area contributed by atoms with Crippen molar-refractivity contribution in [2.45, 2.75) is 19.6 Å². The first-order valence-corrected chi connectivity index (χ1v) is 12.7. The van der Waals surface area contributed by atoms with Crippen LogP contribution in [-0.4, -0.2) is 72.3 Å². The number of amides is 1. The van der Waals surface area contributed by atoms with Gasteiger partial charge in [-0.2, -0.15) is 9.78 Å². The zero-order valence-electron chi connectivity index (χ0n) is 19.1. The fourth-order valence-corrected chi connectivity index (χ4v) is 5.29. The van der Waals surface area contributed by atoms with Crippen LogP contribution < -0.4 is 16.1 Å². The lowest BCUT2D eigenvalue weighted by Crippen LogP contribution is -2.21. The molecule has 13 nitrogen and oxygen atoms in total. The number of rotatable bonds is 9. The number of benzene rings is 1. The Labute approximate surface area is 209 Å². The van der Waals surface area contributed by atoms with E-state index in [-0.39, 0.29) is 23.1 Å². The summed E-state index contributed by atoms with van der Waals surface area (Å²) in [6, 6.07) is 5.28. The number of aliphatic imine (C=N–C) groups is 1. The van der Waals surface area contributed by atoms with Crippen LogP contribution in [0.3, 0.4) is 0 Å². The number of nitrogens with zero attached hydrogens (tertiary/aromatic N) is 8. The molecular weight excluding hydrogens is 492 g/mol. The molecule has 0 spiro atoms. The number of aromatic hydroxyl groups is 1. The van der Waals surface area contributed by atoms with Crippen LogP contribution in [0.4, 0.5) is 11.5 Å². The smallest absolute Gasteiger partial charge is 0.293 e. The van der Waals surface area contributed by atoms with Crippen LogP contribution >= 0.6 is 23.5 Å². The highest BCUT2D eigenvalue weighted by Crippen LogP contribution is 2.28. The van der Waals surface area contributed by atoms with Crippen LogP contribution in [0, 0.1) is 0 Å². The molecule has 0 bridgehead atoms. The van der Waals surface area contributed by atoms with Crippen molar-refractivity contribution in [3.05, 3.63) is 35.2 Å². The molecule has 1 aliphatic rings. The van der Waals surface area contributed by atoms with E-state index in [0.29, 0.717) is 17.0 Å². The maximum absolute atomic E-state index is 12.9. The lowest BCUT2D eigenvalue weighted by Gasteiger charge is -2.21. The second-order valence-corrected chi connectivity index (χ2v) is 9.48. The third-order valence-electron chi connectivity index (χ3n) is 5.08. The minimum atomic E-state index is -0.585. The van der Waals surface area contributed by atoms with Crippen LogP contribution in [0.5, 0.6) is 5.75 Å². The summed E-state index contributed by atoms with van der Waals surface area (Å²) in [5, 5.41) is 29.7. The molecule has 1 aliphatic heterocycles. The molecule has 1 aromatic carbocycles. The number of thioether (sulfide) groups is 2. The summed E-state index contributed by atoms with van der Waals surface area (Å²) in [6.07, 6.45) is 1.36. The molecule has 0 unspecified atom stereocenters. The molecule has 35 heavy (non-hydrogen) atoms. The van der Waals surface area contributed by atoms with E-state index in [1.54, 1.807) is 23.9 Å². The number of nitrogens with two attached hydrogens (primary N) is 1.